The van der Waals surface area contributed by atoms with Crippen molar-refractivity contribution in [1.82, 2.24) is 4.57 Å². The Labute approximate surface area is 407 Å². The molecule has 0 radical (unpaired) electrons. The minimum atomic E-state index is -0.583. The Morgan fingerprint density at radius 3 is 1.40 bits per heavy atom. The van der Waals surface area contributed by atoms with E-state index < -0.39 is 10.8 Å². The summed E-state index contributed by atoms with van der Waals surface area (Å²) in [4.78, 5) is 2.53. The first kappa shape index (κ1) is 39.1. The lowest BCUT2D eigenvalue weighted by Gasteiger charge is -2.40. The first-order chi connectivity index (χ1) is 34.7. The second-order valence-corrected chi connectivity index (χ2v) is 19.1. The standard InChI is InChI=1S/C68H44N2/c1-4-20-45(21-5-1)46-36-38-49(39-37-46)69(50-40-41-55-54-28-10-14-30-58(54)67(62(55)43-50,47-22-6-2-7-23-47)48-24-8-3-9-25-48)51-42-57-56-29-13-18-34-64(56)70-65-35-19-17-33-61(65)68(63(44-51)66(57)70)59-31-15-11-26-52(59)53-27-12-16-32-60(53)68/h1-44H. The van der Waals surface area contributed by atoms with Gasteiger partial charge in [0.05, 0.1) is 27.6 Å². The second kappa shape index (κ2) is 14.8. The minimum absolute atomic E-state index is 0.554. The van der Waals surface area contributed by atoms with Gasteiger partial charge in [-0.15, -0.1) is 0 Å². The SMILES string of the molecule is c1ccc(-c2ccc(N(c3ccc4c(c3)C(c3ccccc3)(c3ccccc3)c3ccccc3-4)c3cc4c5c(c3)c3ccccc3n5-c3ccccc3C43c4ccccc4-c4ccccc43)cc2)cc1. The summed E-state index contributed by atoms with van der Waals surface area (Å²) < 4.78 is 2.55. The zero-order valence-corrected chi connectivity index (χ0v) is 38.3. The molecule has 15 rings (SSSR count). The minimum Gasteiger partial charge on any atom is -0.310 e. The highest BCUT2D eigenvalue weighted by Gasteiger charge is 2.51. The fourth-order valence-electron chi connectivity index (χ4n) is 13.1. The van der Waals surface area contributed by atoms with Gasteiger partial charge in [-0.2, -0.15) is 0 Å². The van der Waals surface area contributed by atoms with Gasteiger partial charge in [0.1, 0.15) is 0 Å². The molecule has 0 N–H and O–H groups in total. The maximum atomic E-state index is 2.55. The van der Waals surface area contributed by atoms with Crippen molar-refractivity contribution in [1.29, 1.82) is 0 Å². The van der Waals surface area contributed by atoms with Crippen molar-refractivity contribution >= 4 is 38.9 Å². The molecule has 12 aromatic rings. The van der Waals surface area contributed by atoms with Gasteiger partial charge in [-0.25, -0.2) is 0 Å². The van der Waals surface area contributed by atoms with Gasteiger partial charge < -0.3 is 9.47 Å². The first-order valence-corrected chi connectivity index (χ1v) is 24.4. The van der Waals surface area contributed by atoms with E-state index in [0.29, 0.717) is 0 Å². The van der Waals surface area contributed by atoms with E-state index in [2.05, 4.69) is 276 Å². The highest BCUT2D eigenvalue weighted by molar-refractivity contribution is 6.14. The molecule has 70 heavy (non-hydrogen) atoms. The van der Waals surface area contributed by atoms with Crippen LogP contribution in [0.2, 0.25) is 0 Å². The molecule has 0 atom stereocenters. The number of nitrogens with zero attached hydrogens (tertiary/aromatic N) is 2. The molecule has 0 bridgehead atoms. The summed E-state index contributed by atoms with van der Waals surface area (Å²) in [5.41, 5.74) is 23.7. The number of hydrogen-bond donors (Lipinski definition) is 0. The van der Waals surface area contributed by atoms with Gasteiger partial charge in [0.15, 0.2) is 0 Å². The Morgan fingerprint density at radius 1 is 0.286 bits per heavy atom. The van der Waals surface area contributed by atoms with Crippen LogP contribution in [0.5, 0.6) is 0 Å². The van der Waals surface area contributed by atoms with Gasteiger partial charge in [-0.3, -0.25) is 0 Å². The highest BCUT2D eigenvalue weighted by Crippen LogP contribution is 2.62. The van der Waals surface area contributed by atoms with Crippen LogP contribution in [0.25, 0.3) is 60.9 Å². The van der Waals surface area contributed by atoms with E-state index in [0.717, 1.165) is 17.1 Å². The predicted molar refractivity (Wildman–Crippen MR) is 289 cm³/mol. The summed E-state index contributed by atoms with van der Waals surface area (Å²) in [5.74, 6) is 0. The third kappa shape index (κ3) is 5.12. The molecule has 2 heterocycles. The molecule has 0 fully saturated rings. The van der Waals surface area contributed by atoms with Crippen LogP contribution < -0.4 is 4.90 Å². The van der Waals surface area contributed by atoms with Crippen LogP contribution in [0.3, 0.4) is 0 Å². The van der Waals surface area contributed by atoms with E-state index in [1.807, 2.05) is 0 Å². The molecule has 0 saturated carbocycles. The van der Waals surface area contributed by atoms with Gasteiger partial charge in [-0.05, 0) is 126 Å². The molecule has 326 valence electrons. The van der Waals surface area contributed by atoms with Gasteiger partial charge >= 0.3 is 0 Å². The summed E-state index contributed by atoms with van der Waals surface area (Å²) in [6.07, 6.45) is 0. The monoisotopic (exact) mass is 888 g/mol. The van der Waals surface area contributed by atoms with Crippen molar-refractivity contribution in [2.24, 2.45) is 0 Å². The number of rotatable bonds is 6. The van der Waals surface area contributed by atoms with E-state index >= 15 is 0 Å². The van der Waals surface area contributed by atoms with Crippen molar-refractivity contribution in [2.45, 2.75) is 10.8 Å². The average Bonchev–Trinajstić information content (AvgIpc) is 4.04. The Hall–Kier alpha value is -8.98. The molecule has 1 aliphatic heterocycles. The first-order valence-electron chi connectivity index (χ1n) is 24.4. The lowest BCUT2D eigenvalue weighted by atomic mass is 9.65. The molecule has 1 spiro atoms. The van der Waals surface area contributed by atoms with Crippen LogP contribution in [0.1, 0.15) is 44.5 Å². The molecule has 0 unspecified atom stereocenters. The molecule has 2 nitrogen and oxygen atoms in total. The molecule has 0 amide bonds. The number of anilines is 3. The maximum Gasteiger partial charge on any atom is 0.0755 e. The number of benzene rings is 11. The lowest BCUT2D eigenvalue weighted by Crippen LogP contribution is -2.33. The van der Waals surface area contributed by atoms with E-state index in [1.54, 1.807) is 0 Å². The Morgan fingerprint density at radius 2 is 0.757 bits per heavy atom. The zero-order valence-electron chi connectivity index (χ0n) is 38.3. The fourth-order valence-corrected chi connectivity index (χ4v) is 13.1. The van der Waals surface area contributed by atoms with Crippen LogP contribution in [-0.2, 0) is 10.8 Å². The molecular formula is C68H44N2. The van der Waals surface area contributed by atoms with Crippen molar-refractivity contribution < 1.29 is 0 Å². The lowest BCUT2D eigenvalue weighted by molar-refractivity contribution is 0.748. The summed E-state index contributed by atoms with van der Waals surface area (Å²) in [6.45, 7) is 0. The summed E-state index contributed by atoms with van der Waals surface area (Å²) in [5, 5.41) is 2.48. The zero-order chi connectivity index (χ0) is 46.0. The summed E-state index contributed by atoms with van der Waals surface area (Å²) in [6, 6.07) is 99.9. The molecule has 2 aliphatic carbocycles. The van der Waals surface area contributed by atoms with Gasteiger partial charge in [0, 0.05) is 27.8 Å². The van der Waals surface area contributed by atoms with E-state index in [9.17, 15) is 0 Å². The van der Waals surface area contributed by atoms with Crippen molar-refractivity contribution in [2.75, 3.05) is 4.90 Å². The van der Waals surface area contributed by atoms with E-state index in [4.69, 9.17) is 0 Å². The van der Waals surface area contributed by atoms with Crippen LogP contribution >= 0.6 is 0 Å². The number of hydrogen-bond acceptors (Lipinski definition) is 1. The van der Waals surface area contributed by atoms with Crippen molar-refractivity contribution in [3.63, 3.8) is 0 Å². The topological polar surface area (TPSA) is 8.17 Å². The normalized spacial score (nSPS) is 13.9. The van der Waals surface area contributed by atoms with Crippen LogP contribution in [-0.4, -0.2) is 4.57 Å². The quantitative estimate of drug-likeness (QED) is 0.161. The van der Waals surface area contributed by atoms with Crippen molar-refractivity contribution in [3.05, 3.63) is 311 Å². The number of para-hydroxylation sites is 2. The maximum absolute atomic E-state index is 2.55. The largest absolute Gasteiger partial charge is 0.310 e. The average molecular weight is 889 g/mol. The second-order valence-electron chi connectivity index (χ2n) is 19.1. The van der Waals surface area contributed by atoms with Gasteiger partial charge in [0.2, 0.25) is 0 Å². The summed E-state index contributed by atoms with van der Waals surface area (Å²) in [7, 11) is 0. The number of fused-ring (bicyclic) bond motifs is 15. The number of aromatic nitrogens is 1. The van der Waals surface area contributed by atoms with E-state index in [1.165, 1.54) is 105 Å². The molecular weight excluding hydrogens is 845 g/mol. The molecule has 1 aromatic heterocycles. The van der Waals surface area contributed by atoms with Crippen LogP contribution in [0.15, 0.2) is 267 Å². The Balaban J connectivity index is 1.06. The molecule has 3 aliphatic rings. The Bertz CT molecular complexity index is 3970. The predicted octanol–water partition coefficient (Wildman–Crippen LogP) is 17.0. The molecule has 11 aromatic carbocycles. The Kier molecular flexibility index (Phi) is 8.24. The van der Waals surface area contributed by atoms with Gasteiger partial charge in [-0.1, -0.05) is 218 Å². The van der Waals surface area contributed by atoms with Gasteiger partial charge in [0.25, 0.3) is 0 Å². The van der Waals surface area contributed by atoms with Crippen LogP contribution in [0, 0.1) is 0 Å². The van der Waals surface area contributed by atoms with Crippen molar-refractivity contribution in [3.8, 4) is 39.1 Å². The smallest absolute Gasteiger partial charge is 0.0755 e. The summed E-state index contributed by atoms with van der Waals surface area (Å²) >= 11 is 0. The van der Waals surface area contributed by atoms with Crippen LogP contribution in [0.4, 0.5) is 17.1 Å². The third-order valence-corrected chi connectivity index (χ3v) is 15.8. The molecule has 2 heteroatoms. The third-order valence-electron chi connectivity index (χ3n) is 15.8. The van der Waals surface area contributed by atoms with E-state index in [-0.39, 0.29) is 0 Å². The highest BCUT2D eigenvalue weighted by atomic mass is 15.1. The molecule has 0 saturated heterocycles. The fraction of sp³-hybridized carbons (Fsp3) is 0.0294.